The second-order valence-electron chi connectivity index (χ2n) is 3.96. The van der Waals surface area contributed by atoms with Crippen LogP contribution in [-0.2, 0) is 6.54 Å². The van der Waals surface area contributed by atoms with Gasteiger partial charge >= 0.3 is 0 Å². The molecule has 0 radical (unpaired) electrons. The van der Waals surface area contributed by atoms with Crippen molar-refractivity contribution in [2.24, 2.45) is 0 Å². The van der Waals surface area contributed by atoms with Crippen molar-refractivity contribution in [3.8, 4) is 5.75 Å². The van der Waals surface area contributed by atoms with Crippen LogP contribution in [0.2, 0.25) is 0 Å². The van der Waals surface area contributed by atoms with Crippen LogP contribution in [0.5, 0.6) is 5.75 Å². The molecule has 1 aromatic carbocycles. The van der Waals surface area contributed by atoms with Crippen LogP contribution in [0.15, 0.2) is 40.2 Å². The summed E-state index contributed by atoms with van der Waals surface area (Å²) in [4.78, 5) is 1.31. The maximum Gasteiger partial charge on any atom is 0.121 e. The summed E-state index contributed by atoms with van der Waals surface area (Å²) < 4.78 is 6.75. The zero-order valence-corrected chi connectivity index (χ0v) is 12.7. The molecule has 1 N–H and O–H groups in total. The highest BCUT2D eigenvalue weighted by Crippen LogP contribution is 2.22. The molecule has 0 saturated heterocycles. The fourth-order valence-electron chi connectivity index (χ4n) is 1.55. The molecule has 1 heterocycles. The van der Waals surface area contributed by atoms with E-state index in [1.54, 1.807) is 11.3 Å². The van der Waals surface area contributed by atoms with E-state index in [4.69, 9.17) is 4.74 Å². The molecule has 1 aromatic heterocycles. The molecule has 0 spiro atoms. The molecule has 2 rings (SSSR count). The predicted octanol–water partition coefficient (Wildman–Crippen LogP) is 4.91. The summed E-state index contributed by atoms with van der Waals surface area (Å²) in [6, 6.07) is 10.2. The normalized spacial score (nSPS) is 10.3. The highest BCUT2D eigenvalue weighted by molar-refractivity contribution is 9.10. The molecule has 0 bridgehead atoms. The topological polar surface area (TPSA) is 21.3 Å². The zero-order valence-electron chi connectivity index (χ0n) is 10.3. The van der Waals surface area contributed by atoms with Crippen molar-refractivity contribution in [3.05, 3.63) is 45.1 Å². The van der Waals surface area contributed by atoms with Crippen LogP contribution in [0, 0.1) is 0 Å². The summed E-state index contributed by atoms with van der Waals surface area (Å²) in [5.41, 5.74) is 1.09. The Balaban J connectivity index is 1.92. The highest BCUT2D eigenvalue weighted by Gasteiger charge is 1.99. The number of ether oxygens (including phenoxy) is 1. The van der Waals surface area contributed by atoms with Gasteiger partial charge in [-0.2, -0.15) is 0 Å². The van der Waals surface area contributed by atoms with Gasteiger partial charge in [0.05, 0.1) is 6.61 Å². The summed E-state index contributed by atoms with van der Waals surface area (Å²) in [7, 11) is 0. The molecule has 0 aliphatic rings. The Kier molecular flexibility index (Phi) is 5.08. The molecule has 18 heavy (non-hydrogen) atoms. The average molecular weight is 326 g/mol. The molecule has 0 saturated carbocycles. The number of anilines is 1. The lowest BCUT2D eigenvalue weighted by atomic mass is 10.3. The van der Waals surface area contributed by atoms with Gasteiger partial charge < -0.3 is 10.1 Å². The fourth-order valence-corrected chi connectivity index (χ4v) is 2.94. The Bertz CT molecular complexity index is 498. The maximum atomic E-state index is 5.61. The lowest BCUT2D eigenvalue weighted by molar-refractivity contribution is 0.317. The quantitative estimate of drug-likeness (QED) is 0.814. The van der Waals surface area contributed by atoms with Crippen molar-refractivity contribution in [2.75, 3.05) is 11.9 Å². The van der Waals surface area contributed by atoms with E-state index >= 15 is 0 Å². The first-order valence-corrected chi connectivity index (χ1v) is 7.65. The number of rotatable bonds is 6. The van der Waals surface area contributed by atoms with Crippen LogP contribution in [0.1, 0.15) is 18.2 Å². The van der Waals surface area contributed by atoms with Crippen molar-refractivity contribution in [3.63, 3.8) is 0 Å². The number of thiophene rings is 1. The minimum absolute atomic E-state index is 0.765. The highest BCUT2D eigenvalue weighted by atomic mass is 79.9. The van der Waals surface area contributed by atoms with Crippen molar-refractivity contribution in [1.82, 2.24) is 0 Å². The van der Waals surface area contributed by atoms with Gasteiger partial charge in [-0.1, -0.05) is 13.0 Å². The molecular weight excluding hydrogens is 310 g/mol. The minimum Gasteiger partial charge on any atom is -0.494 e. The monoisotopic (exact) mass is 325 g/mol. The van der Waals surface area contributed by atoms with Crippen LogP contribution in [0.25, 0.3) is 0 Å². The van der Waals surface area contributed by atoms with E-state index in [0.717, 1.165) is 35.5 Å². The molecule has 0 atom stereocenters. The first-order valence-electron chi connectivity index (χ1n) is 5.97. The van der Waals surface area contributed by atoms with Gasteiger partial charge in [0.2, 0.25) is 0 Å². The standard InChI is InChI=1S/C14H16BrNOS/c1-2-6-17-13-5-3-4-12(8-13)16-9-14-7-11(15)10-18-14/h3-5,7-8,10,16H,2,6,9H2,1H3. The van der Waals surface area contributed by atoms with E-state index in [1.165, 1.54) is 4.88 Å². The fraction of sp³-hybridized carbons (Fsp3) is 0.286. The van der Waals surface area contributed by atoms with Gasteiger partial charge in [-0.3, -0.25) is 0 Å². The largest absolute Gasteiger partial charge is 0.494 e. The summed E-state index contributed by atoms with van der Waals surface area (Å²) in [6.45, 7) is 3.71. The molecule has 2 aromatic rings. The molecule has 0 amide bonds. The number of hydrogen-bond donors (Lipinski definition) is 1. The van der Waals surface area contributed by atoms with Gasteiger partial charge in [-0.15, -0.1) is 11.3 Å². The van der Waals surface area contributed by atoms with Crippen LogP contribution < -0.4 is 10.1 Å². The Labute approximate surface area is 120 Å². The first kappa shape index (κ1) is 13.4. The maximum absolute atomic E-state index is 5.61. The van der Waals surface area contributed by atoms with E-state index in [9.17, 15) is 0 Å². The lowest BCUT2D eigenvalue weighted by Crippen LogP contribution is -1.99. The number of nitrogens with one attached hydrogen (secondary N) is 1. The molecule has 96 valence electrons. The Morgan fingerprint density at radius 3 is 2.94 bits per heavy atom. The Morgan fingerprint density at radius 2 is 2.22 bits per heavy atom. The predicted molar refractivity (Wildman–Crippen MR) is 81.6 cm³/mol. The smallest absolute Gasteiger partial charge is 0.121 e. The van der Waals surface area contributed by atoms with Crippen LogP contribution in [-0.4, -0.2) is 6.61 Å². The van der Waals surface area contributed by atoms with Crippen LogP contribution in [0.3, 0.4) is 0 Å². The summed E-state index contributed by atoms with van der Waals surface area (Å²) in [5.74, 6) is 0.925. The zero-order chi connectivity index (χ0) is 12.8. The minimum atomic E-state index is 0.765. The third-order valence-corrected chi connectivity index (χ3v) is 4.09. The second kappa shape index (κ2) is 6.81. The Morgan fingerprint density at radius 1 is 1.33 bits per heavy atom. The molecular formula is C14H16BrNOS. The van der Waals surface area contributed by atoms with E-state index in [2.05, 4.69) is 45.7 Å². The summed E-state index contributed by atoms with van der Waals surface area (Å²) in [5, 5.41) is 5.50. The second-order valence-corrected chi connectivity index (χ2v) is 5.87. The van der Waals surface area contributed by atoms with Crippen LogP contribution >= 0.6 is 27.3 Å². The number of halogens is 1. The molecule has 0 aliphatic heterocycles. The summed E-state index contributed by atoms with van der Waals surface area (Å²) >= 11 is 5.21. The number of benzene rings is 1. The van der Waals surface area contributed by atoms with E-state index < -0.39 is 0 Å². The van der Waals surface area contributed by atoms with Gasteiger partial charge in [0.15, 0.2) is 0 Å². The van der Waals surface area contributed by atoms with Gasteiger partial charge in [0.1, 0.15) is 5.75 Å². The molecule has 4 heteroatoms. The van der Waals surface area contributed by atoms with Crippen LogP contribution in [0.4, 0.5) is 5.69 Å². The molecule has 2 nitrogen and oxygen atoms in total. The molecule has 0 fully saturated rings. The van der Waals surface area contributed by atoms with Gasteiger partial charge in [-0.05, 0) is 40.5 Å². The van der Waals surface area contributed by atoms with Gasteiger partial charge in [-0.25, -0.2) is 0 Å². The van der Waals surface area contributed by atoms with Crippen molar-refractivity contribution >= 4 is 33.0 Å². The SMILES string of the molecule is CCCOc1cccc(NCc2cc(Br)cs2)c1. The first-order chi connectivity index (χ1) is 8.78. The van der Waals surface area contributed by atoms with Crippen molar-refractivity contribution in [2.45, 2.75) is 19.9 Å². The lowest BCUT2D eigenvalue weighted by Gasteiger charge is -2.08. The number of hydrogen-bond acceptors (Lipinski definition) is 3. The Hall–Kier alpha value is -1.000. The van der Waals surface area contributed by atoms with Crippen molar-refractivity contribution in [1.29, 1.82) is 0 Å². The van der Waals surface area contributed by atoms with Gasteiger partial charge in [0.25, 0.3) is 0 Å². The van der Waals surface area contributed by atoms with E-state index in [-0.39, 0.29) is 0 Å². The van der Waals surface area contributed by atoms with Gasteiger partial charge in [0, 0.05) is 33.0 Å². The summed E-state index contributed by atoms with van der Waals surface area (Å²) in [6.07, 6.45) is 1.03. The average Bonchev–Trinajstić information content (AvgIpc) is 2.80. The van der Waals surface area contributed by atoms with Crippen molar-refractivity contribution < 1.29 is 4.74 Å². The third kappa shape index (κ3) is 4.03. The van der Waals surface area contributed by atoms with E-state index in [0.29, 0.717) is 0 Å². The third-order valence-electron chi connectivity index (χ3n) is 2.40. The molecule has 0 unspecified atom stereocenters. The molecule has 0 aliphatic carbocycles. The van der Waals surface area contributed by atoms with E-state index in [1.807, 2.05) is 18.2 Å².